The van der Waals surface area contributed by atoms with E-state index < -0.39 is 8.32 Å². The third kappa shape index (κ3) is 3.43. The zero-order chi connectivity index (χ0) is 21.9. The van der Waals surface area contributed by atoms with Gasteiger partial charge in [-0.05, 0) is 95.7 Å². The molecular weight excluding hydrogens is 392 g/mol. The van der Waals surface area contributed by atoms with Gasteiger partial charge in [0.1, 0.15) is 5.60 Å². The molecule has 7 atom stereocenters. The fourth-order valence-corrected chi connectivity index (χ4v) is 9.14. The molecule has 4 rings (SSSR count). The van der Waals surface area contributed by atoms with Gasteiger partial charge in [0.2, 0.25) is 0 Å². The Morgan fingerprint density at radius 3 is 2.43 bits per heavy atom. The van der Waals surface area contributed by atoms with Crippen LogP contribution in [0.25, 0.3) is 0 Å². The van der Waals surface area contributed by atoms with Crippen LogP contribution in [0.2, 0.25) is 19.6 Å². The Bertz CT molecular complexity index is 727. The molecule has 4 nitrogen and oxygen atoms in total. The molecule has 0 radical (unpaired) electrons. The van der Waals surface area contributed by atoms with Gasteiger partial charge in [0.25, 0.3) is 0 Å². The molecule has 0 saturated heterocycles. The summed E-state index contributed by atoms with van der Waals surface area (Å²) in [6.07, 6.45) is 11.3. The molecule has 0 aromatic carbocycles. The van der Waals surface area contributed by atoms with E-state index in [2.05, 4.69) is 39.6 Å². The van der Waals surface area contributed by atoms with E-state index in [1.54, 1.807) is 6.92 Å². The zero-order valence-corrected chi connectivity index (χ0v) is 20.9. The van der Waals surface area contributed by atoms with Gasteiger partial charge >= 0.3 is 5.97 Å². The van der Waals surface area contributed by atoms with E-state index in [1.165, 1.54) is 12.0 Å². The van der Waals surface area contributed by atoms with Gasteiger partial charge in [-0.2, -0.15) is 0 Å². The van der Waals surface area contributed by atoms with E-state index in [0.29, 0.717) is 17.8 Å². The summed E-state index contributed by atoms with van der Waals surface area (Å²) < 4.78 is 12.4. The SMILES string of the molecule is CC(=O)OC1(C)CC[C@H]2[C@@H]3CCC4=CC(O[Si](C)(C)C)CC[C@]4(CO)[C@@H]3CC[C@@]21C. The third-order valence-corrected chi connectivity index (χ3v) is 10.5. The maximum Gasteiger partial charge on any atom is 0.303 e. The van der Waals surface area contributed by atoms with E-state index in [4.69, 9.17) is 9.16 Å². The summed E-state index contributed by atoms with van der Waals surface area (Å²) in [6, 6.07) is 0. The Morgan fingerprint density at radius 1 is 1.10 bits per heavy atom. The molecule has 0 amide bonds. The smallest absolute Gasteiger partial charge is 0.303 e. The number of hydrogen-bond acceptors (Lipinski definition) is 4. The molecule has 3 saturated carbocycles. The van der Waals surface area contributed by atoms with E-state index in [9.17, 15) is 9.90 Å². The van der Waals surface area contributed by atoms with Crippen LogP contribution >= 0.6 is 0 Å². The normalized spacial score (nSPS) is 45.8. The second-order valence-corrected chi connectivity index (χ2v) is 16.5. The molecule has 4 aliphatic rings. The highest BCUT2D eigenvalue weighted by atomic mass is 28.4. The van der Waals surface area contributed by atoms with Crippen molar-refractivity contribution in [2.75, 3.05) is 6.61 Å². The first-order valence-electron chi connectivity index (χ1n) is 12.1. The first-order valence-corrected chi connectivity index (χ1v) is 15.5. The predicted molar refractivity (Wildman–Crippen MR) is 122 cm³/mol. The van der Waals surface area contributed by atoms with Crippen LogP contribution in [-0.4, -0.2) is 37.7 Å². The van der Waals surface area contributed by atoms with Crippen molar-refractivity contribution < 1.29 is 19.1 Å². The Labute approximate surface area is 183 Å². The topological polar surface area (TPSA) is 55.8 Å². The summed E-state index contributed by atoms with van der Waals surface area (Å²) in [4.78, 5) is 11.8. The number of hydrogen-bond donors (Lipinski definition) is 1. The third-order valence-electron chi connectivity index (χ3n) is 9.48. The number of esters is 1. The minimum absolute atomic E-state index is 0.0514. The maximum absolute atomic E-state index is 11.8. The summed E-state index contributed by atoms with van der Waals surface area (Å²) in [5.41, 5.74) is 1.13. The molecule has 170 valence electrons. The van der Waals surface area contributed by atoms with Crippen molar-refractivity contribution in [3.05, 3.63) is 11.6 Å². The largest absolute Gasteiger partial charge is 0.459 e. The maximum atomic E-state index is 11.8. The average Bonchev–Trinajstić information content (AvgIpc) is 2.90. The highest BCUT2D eigenvalue weighted by molar-refractivity contribution is 6.69. The molecule has 1 N–H and O–H groups in total. The molecular formula is C25H42O4Si. The van der Waals surface area contributed by atoms with Crippen LogP contribution in [0.5, 0.6) is 0 Å². The summed E-state index contributed by atoms with van der Waals surface area (Å²) in [5, 5.41) is 10.7. The van der Waals surface area contributed by atoms with E-state index in [0.717, 1.165) is 44.9 Å². The van der Waals surface area contributed by atoms with Crippen molar-refractivity contribution >= 4 is 14.3 Å². The first-order chi connectivity index (χ1) is 13.9. The fraction of sp³-hybridized carbons (Fsp3) is 0.880. The van der Waals surface area contributed by atoms with Crippen LogP contribution < -0.4 is 0 Å². The average molecular weight is 435 g/mol. The number of carbonyl (C=O) groups excluding carboxylic acids is 1. The summed E-state index contributed by atoms with van der Waals surface area (Å²) in [7, 11) is -1.58. The lowest BCUT2D eigenvalue weighted by Gasteiger charge is -2.60. The zero-order valence-electron chi connectivity index (χ0n) is 19.9. The standard InChI is InChI=1S/C25H42O4Si/c1-17(27)28-24(3)13-11-21-20-8-7-18-15-19(29-30(4,5)6)9-14-25(18,16-26)22(20)10-12-23(21,24)2/h15,19-22,26H,7-14,16H2,1-6H3/t19?,20-,21-,22+,23-,24?,25+/m0/s1. The van der Waals surface area contributed by atoms with Crippen LogP contribution in [0.4, 0.5) is 0 Å². The van der Waals surface area contributed by atoms with Gasteiger partial charge in [-0.1, -0.05) is 18.6 Å². The van der Waals surface area contributed by atoms with Gasteiger partial charge in [-0.15, -0.1) is 0 Å². The Morgan fingerprint density at radius 2 is 1.80 bits per heavy atom. The van der Waals surface area contributed by atoms with Crippen molar-refractivity contribution in [3.63, 3.8) is 0 Å². The molecule has 0 aromatic rings. The quantitative estimate of drug-likeness (QED) is 0.362. The van der Waals surface area contributed by atoms with Crippen LogP contribution in [0.1, 0.15) is 72.1 Å². The molecule has 30 heavy (non-hydrogen) atoms. The molecule has 3 fully saturated rings. The Kier molecular flexibility index (Phi) is 5.60. The number of ether oxygens (including phenoxy) is 1. The minimum Gasteiger partial charge on any atom is -0.459 e. The number of aliphatic hydroxyl groups is 1. The van der Waals surface area contributed by atoms with Gasteiger partial charge in [0.15, 0.2) is 8.32 Å². The monoisotopic (exact) mass is 434 g/mol. The molecule has 0 aromatic heterocycles. The van der Waals surface area contributed by atoms with Crippen LogP contribution in [0, 0.1) is 28.6 Å². The highest BCUT2D eigenvalue weighted by Gasteiger charge is 2.64. The van der Waals surface area contributed by atoms with Gasteiger partial charge in [-0.25, -0.2) is 0 Å². The number of aliphatic hydroxyl groups excluding tert-OH is 1. The molecule has 2 unspecified atom stereocenters. The lowest BCUT2D eigenvalue weighted by molar-refractivity contribution is -0.179. The van der Waals surface area contributed by atoms with Gasteiger partial charge < -0.3 is 14.3 Å². The van der Waals surface area contributed by atoms with Gasteiger partial charge in [-0.3, -0.25) is 4.79 Å². The Hall–Kier alpha value is -0.653. The molecule has 0 bridgehead atoms. The van der Waals surface area contributed by atoms with E-state index in [-0.39, 0.29) is 35.1 Å². The van der Waals surface area contributed by atoms with Crippen LogP contribution in [0.15, 0.2) is 11.6 Å². The minimum atomic E-state index is -1.58. The number of fused-ring (bicyclic) bond motifs is 5. The molecule has 0 heterocycles. The van der Waals surface area contributed by atoms with Crippen molar-refractivity contribution in [2.45, 2.75) is 103 Å². The van der Waals surface area contributed by atoms with Crippen molar-refractivity contribution in [1.29, 1.82) is 0 Å². The van der Waals surface area contributed by atoms with Crippen LogP contribution in [-0.2, 0) is 14.0 Å². The molecule has 5 heteroatoms. The summed E-state index contributed by atoms with van der Waals surface area (Å²) >= 11 is 0. The van der Waals surface area contributed by atoms with Gasteiger partial charge in [0, 0.05) is 17.8 Å². The number of carbonyl (C=O) groups is 1. The summed E-state index contributed by atoms with van der Waals surface area (Å²) in [6.45, 7) is 13.1. The highest BCUT2D eigenvalue weighted by Crippen LogP contribution is 2.68. The van der Waals surface area contributed by atoms with Gasteiger partial charge in [0.05, 0.1) is 12.7 Å². The first kappa shape index (κ1) is 22.5. The van der Waals surface area contributed by atoms with E-state index >= 15 is 0 Å². The lowest BCUT2D eigenvalue weighted by Crippen LogP contribution is -2.56. The van der Waals surface area contributed by atoms with Crippen LogP contribution in [0.3, 0.4) is 0 Å². The predicted octanol–water partition coefficient (Wildman–Crippen LogP) is 5.46. The van der Waals surface area contributed by atoms with Crippen molar-refractivity contribution in [1.82, 2.24) is 0 Å². The van der Waals surface area contributed by atoms with Crippen molar-refractivity contribution in [2.24, 2.45) is 28.6 Å². The fourth-order valence-electron chi connectivity index (χ4n) is 8.04. The molecule has 0 spiro atoms. The lowest BCUT2D eigenvalue weighted by atomic mass is 9.46. The van der Waals surface area contributed by atoms with Crippen molar-refractivity contribution in [3.8, 4) is 0 Å². The molecule has 0 aliphatic heterocycles. The second-order valence-electron chi connectivity index (χ2n) is 12.0. The van der Waals surface area contributed by atoms with E-state index in [1.807, 2.05) is 0 Å². The second kappa shape index (κ2) is 7.45. The number of rotatable bonds is 4. The summed E-state index contributed by atoms with van der Waals surface area (Å²) in [5.74, 6) is 1.61. The molecule has 4 aliphatic carbocycles. The Balaban J connectivity index is 1.61.